The molecular formula is C53H59N3O13. The van der Waals surface area contributed by atoms with E-state index in [4.69, 9.17) is 38.4 Å². The average molecular weight is 946 g/mol. The molecule has 0 spiro atoms. The molecular weight excluding hydrogens is 887 g/mol. The fourth-order valence-corrected chi connectivity index (χ4v) is 10.0. The molecule has 2 aliphatic heterocycles. The zero-order valence-electron chi connectivity index (χ0n) is 39.1. The Balaban J connectivity index is 1.35. The van der Waals surface area contributed by atoms with Crippen LogP contribution >= 0.6 is 0 Å². The SMILES string of the molecule is C=CCOC12Oc3ccc(Oc4cccc(C=O)c4)cc3C3C(CCCCO)C(CCCCO)C=C(C(=NOC(C)(C)C)CC1N(Cc1ccc4c(c1)OCO4)C(=O)Oc1ccc([N+](=O)[O-])cc1)C32. The summed E-state index contributed by atoms with van der Waals surface area (Å²) in [5.41, 5.74) is 2.51. The zero-order valence-corrected chi connectivity index (χ0v) is 39.1. The molecule has 2 heterocycles. The Morgan fingerprint density at radius 1 is 0.928 bits per heavy atom. The number of aliphatic hydroxyl groups excluding tert-OH is 2. The van der Waals surface area contributed by atoms with E-state index in [2.05, 4.69) is 12.7 Å². The highest BCUT2D eigenvalue weighted by Gasteiger charge is 2.66. The van der Waals surface area contributed by atoms with Gasteiger partial charge in [-0.25, -0.2) is 4.79 Å². The Labute approximate surface area is 401 Å². The van der Waals surface area contributed by atoms with Gasteiger partial charge >= 0.3 is 6.09 Å². The van der Waals surface area contributed by atoms with E-state index in [1.54, 1.807) is 53.4 Å². The topological polar surface area (TPSA) is 198 Å². The molecule has 4 aromatic carbocycles. The number of amides is 1. The van der Waals surface area contributed by atoms with Crippen LogP contribution in [0.4, 0.5) is 10.5 Å². The third kappa shape index (κ3) is 10.8. The minimum atomic E-state index is -1.64. The predicted molar refractivity (Wildman–Crippen MR) is 255 cm³/mol. The molecule has 2 aliphatic carbocycles. The molecule has 6 unspecified atom stereocenters. The predicted octanol–water partition coefficient (Wildman–Crippen LogP) is 10.1. The summed E-state index contributed by atoms with van der Waals surface area (Å²) in [4.78, 5) is 45.8. The second kappa shape index (κ2) is 21.3. The van der Waals surface area contributed by atoms with Crippen LogP contribution in [-0.4, -0.2) is 82.2 Å². The molecule has 16 heteroatoms. The maximum absolute atomic E-state index is 15.2. The maximum Gasteiger partial charge on any atom is 0.416 e. The molecule has 6 atom stereocenters. The van der Waals surface area contributed by atoms with Crippen molar-refractivity contribution in [2.45, 2.75) is 95.6 Å². The molecule has 1 fully saturated rings. The first-order chi connectivity index (χ1) is 33.3. The number of nitrogens with zero attached hydrogens (tertiary/aromatic N) is 3. The van der Waals surface area contributed by atoms with Crippen LogP contribution in [0.5, 0.6) is 34.5 Å². The van der Waals surface area contributed by atoms with Crippen LogP contribution in [0.25, 0.3) is 0 Å². The second-order valence-electron chi connectivity index (χ2n) is 18.7. The summed E-state index contributed by atoms with van der Waals surface area (Å²) in [6, 6.07) is 22.2. The lowest BCUT2D eigenvalue weighted by Gasteiger charge is -2.60. The van der Waals surface area contributed by atoms with E-state index in [0.717, 1.165) is 30.3 Å². The number of carbonyl (C=O) groups is 2. The number of ether oxygens (including phenoxy) is 6. The number of carbonyl (C=O) groups excluding carboxylic acids is 2. The summed E-state index contributed by atoms with van der Waals surface area (Å²) in [6.45, 7) is 9.84. The van der Waals surface area contributed by atoms with Crippen molar-refractivity contribution in [1.29, 1.82) is 0 Å². The lowest BCUT2D eigenvalue weighted by atomic mass is 9.55. The molecule has 364 valence electrons. The second-order valence-corrected chi connectivity index (χ2v) is 18.7. The van der Waals surface area contributed by atoms with Crippen molar-refractivity contribution in [1.82, 2.24) is 4.90 Å². The Kier molecular flexibility index (Phi) is 15.0. The number of oxime groups is 1. The van der Waals surface area contributed by atoms with Crippen molar-refractivity contribution in [2.24, 2.45) is 22.9 Å². The molecule has 16 nitrogen and oxygen atoms in total. The number of benzene rings is 4. The van der Waals surface area contributed by atoms with Crippen molar-refractivity contribution in [3.8, 4) is 34.5 Å². The van der Waals surface area contributed by atoms with Crippen molar-refractivity contribution < 1.29 is 58.0 Å². The summed E-state index contributed by atoms with van der Waals surface area (Å²) >= 11 is 0. The van der Waals surface area contributed by atoms with Gasteiger partial charge in [0.25, 0.3) is 5.69 Å². The molecule has 0 bridgehead atoms. The summed E-state index contributed by atoms with van der Waals surface area (Å²) < 4.78 is 38.5. The zero-order chi connectivity index (χ0) is 48.7. The molecule has 0 aromatic heterocycles. The molecule has 8 rings (SSSR count). The molecule has 69 heavy (non-hydrogen) atoms. The van der Waals surface area contributed by atoms with E-state index in [0.29, 0.717) is 71.3 Å². The molecule has 2 N–H and O–H groups in total. The molecule has 4 aliphatic rings. The fraction of sp³-hybridized carbons (Fsp3) is 0.415. The van der Waals surface area contributed by atoms with Gasteiger partial charge in [-0.3, -0.25) is 19.8 Å². The van der Waals surface area contributed by atoms with E-state index in [-0.39, 0.29) is 68.8 Å². The van der Waals surface area contributed by atoms with Gasteiger partial charge in [0.15, 0.2) is 11.5 Å². The Morgan fingerprint density at radius 2 is 1.65 bits per heavy atom. The number of unbranched alkanes of at least 4 members (excludes halogenated alkanes) is 2. The first-order valence-corrected chi connectivity index (χ1v) is 23.5. The number of non-ortho nitro benzene ring substituents is 1. The number of rotatable bonds is 20. The maximum atomic E-state index is 15.2. The minimum absolute atomic E-state index is 0.0198. The van der Waals surface area contributed by atoms with Crippen molar-refractivity contribution in [3.63, 3.8) is 0 Å². The van der Waals surface area contributed by atoms with E-state index >= 15 is 4.79 Å². The van der Waals surface area contributed by atoms with Crippen molar-refractivity contribution in [2.75, 3.05) is 26.6 Å². The normalized spacial score (nSPS) is 22.6. The average Bonchev–Trinajstić information content (AvgIpc) is 3.81. The van der Waals surface area contributed by atoms with Crippen LogP contribution < -0.4 is 23.7 Å². The largest absolute Gasteiger partial charge is 0.459 e. The van der Waals surface area contributed by atoms with Gasteiger partial charge in [-0.05, 0) is 124 Å². The molecule has 4 aromatic rings. The monoisotopic (exact) mass is 945 g/mol. The first-order valence-electron chi connectivity index (χ1n) is 23.5. The van der Waals surface area contributed by atoms with E-state index in [1.807, 2.05) is 39.0 Å². The Bertz CT molecular complexity index is 2570. The number of hydrogen-bond acceptors (Lipinski definition) is 14. The highest BCUT2D eigenvalue weighted by Crippen LogP contribution is 2.62. The summed E-state index contributed by atoms with van der Waals surface area (Å²) in [6.07, 6.45) is 8.05. The number of hydrogen-bond donors (Lipinski definition) is 2. The van der Waals surface area contributed by atoms with Crippen LogP contribution in [0.1, 0.15) is 93.1 Å². The van der Waals surface area contributed by atoms with Gasteiger partial charge in [-0.2, -0.15) is 0 Å². The molecule has 0 saturated heterocycles. The van der Waals surface area contributed by atoms with Gasteiger partial charge in [0.2, 0.25) is 12.6 Å². The van der Waals surface area contributed by atoms with Crippen LogP contribution in [0.3, 0.4) is 0 Å². The number of aldehydes is 1. The summed E-state index contributed by atoms with van der Waals surface area (Å²) in [5.74, 6) is -0.151. The fourth-order valence-electron chi connectivity index (χ4n) is 10.0. The van der Waals surface area contributed by atoms with Gasteiger partial charge in [-0.1, -0.05) is 48.3 Å². The molecule has 1 amide bonds. The van der Waals surface area contributed by atoms with Gasteiger partial charge in [0.1, 0.15) is 40.9 Å². The summed E-state index contributed by atoms with van der Waals surface area (Å²) in [5, 5.41) is 36.5. The number of nitro groups is 1. The highest BCUT2D eigenvalue weighted by molar-refractivity contribution is 6.03. The quantitative estimate of drug-likeness (QED) is 0.0279. The van der Waals surface area contributed by atoms with Gasteiger partial charge < -0.3 is 43.5 Å². The van der Waals surface area contributed by atoms with Gasteiger partial charge in [0.05, 0.1) is 23.2 Å². The third-order valence-corrected chi connectivity index (χ3v) is 13.0. The highest BCUT2D eigenvalue weighted by atomic mass is 16.7. The van der Waals surface area contributed by atoms with Crippen molar-refractivity contribution in [3.05, 3.63) is 136 Å². The number of aliphatic hydroxyl groups is 2. The van der Waals surface area contributed by atoms with Crippen LogP contribution in [0.2, 0.25) is 0 Å². The van der Waals surface area contributed by atoms with E-state index in [1.165, 1.54) is 24.3 Å². The molecule has 1 saturated carbocycles. The minimum Gasteiger partial charge on any atom is -0.459 e. The first kappa shape index (κ1) is 48.7. The van der Waals surface area contributed by atoms with Crippen LogP contribution in [0, 0.1) is 27.9 Å². The van der Waals surface area contributed by atoms with Gasteiger partial charge in [-0.15, -0.1) is 6.58 Å². The summed E-state index contributed by atoms with van der Waals surface area (Å²) in [7, 11) is 0. The Hall–Kier alpha value is -6.75. The van der Waals surface area contributed by atoms with E-state index < -0.39 is 34.4 Å². The smallest absolute Gasteiger partial charge is 0.416 e. The lowest BCUT2D eigenvalue weighted by molar-refractivity contribution is -0.384. The standard InChI is InChI=1S/C53H59N3O13/c1-5-25-65-53-48(55(31-34-15-21-46-47(27-34)64-33-63-46)51(60)67-38-18-16-37(17-19-38)56(61)62)30-44(54-69-52(2,3)4)42-28-36(12-6-8-23-57)41(14-7-9-24-58)49(50(42)53)43-29-40(20-22-45(43)68-53)66-39-13-10-11-35(26-39)32-59/h5,10-11,13,15-22,26-29,32,36,41,48-50,57-58H,1,6-9,12,14,23-25,30-31,33H2,2-4H3. The Morgan fingerprint density at radius 3 is 2.38 bits per heavy atom. The van der Waals surface area contributed by atoms with Crippen LogP contribution in [0.15, 0.2) is 114 Å². The van der Waals surface area contributed by atoms with E-state index in [9.17, 15) is 25.1 Å². The lowest BCUT2D eigenvalue weighted by Crippen LogP contribution is -2.70. The van der Waals surface area contributed by atoms with Gasteiger partial charge in [0, 0.05) is 55.4 Å². The van der Waals surface area contributed by atoms with Crippen LogP contribution in [-0.2, 0) is 16.1 Å². The number of fused-ring (bicyclic) bond motifs is 3. The third-order valence-electron chi connectivity index (χ3n) is 13.0. The molecule has 0 radical (unpaired) electrons. The van der Waals surface area contributed by atoms with Crippen molar-refractivity contribution >= 4 is 23.8 Å². The number of nitro benzene ring substituents is 1. The number of allylic oxidation sites excluding steroid dienone is 1.